The summed E-state index contributed by atoms with van der Waals surface area (Å²) < 4.78 is 45.6. The predicted octanol–water partition coefficient (Wildman–Crippen LogP) is 3.40. The molecule has 3 aromatic rings. The molecule has 1 aliphatic rings. The van der Waals surface area contributed by atoms with Crippen molar-refractivity contribution in [3.05, 3.63) is 47.9 Å². The maximum Gasteiger partial charge on any atom is 0.433 e. The van der Waals surface area contributed by atoms with Crippen LogP contribution in [-0.2, 0) is 22.3 Å². The van der Waals surface area contributed by atoms with Gasteiger partial charge in [0.05, 0.1) is 18.3 Å². The van der Waals surface area contributed by atoms with E-state index in [1.807, 2.05) is 26.8 Å². The van der Waals surface area contributed by atoms with Crippen LogP contribution in [0, 0.1) is 6.92 Å². The molecular formula is C21H22F3N7O2. The van der Waals surface area contributed by atoms with Gasteiger partial charge in [0.25, 0.3) is 0 Å². The molecule has 0 bridgehead atoms. The Kier molecular flexibility index (Phi) is 5.78. The van der Waals surface area contributed by atoms with Crippen LogP contribution in [0.1, 0.15) is 25.1 Å². The molecule has 0 saturated carbocycles. The number of carbonyl (C=O) groups is 1. The second kappa shape index (κ2) is 8.43. The first kappa shape index (κ1) is 22.6. The zero-order valence-corrected chi connectivity index (χ0v) is 18.2. The van der Waals surface area contributed by atoms with E-state index in [-0.39, 0.29) is 30.7 Å². The number of alkyl halides is 3. The van der Waals surface area contributed by atoms with E-state index in [2.05, 4.69) is 25.6 Å². The number of nitrogens with one attached hydrogen (secondary N) is 1. The van der Waals surface area contributed by atoms with Crippen molar-refractivity contribution in [2.45, 2.75) is 39.0 Å². The van der Waals surface area contributed by atoms with E-state index in [0.29, 0.717) is 23.6 Å². The first-order valence-corrected chi connectivity index (χ1v) is 10.1. The van der Waals surface area contributed by atoms with Crippen molar-refractivity contribution in [1.29, 1.82) is 0 Å². The van der Waals surface area contributed by atoms with Gasteiger partial charge >= 0.3 is 6.18 Å². The Bertz CT molecular complexity index is 1180. The van der Waals surface area contributed by atoms with Gasteiger partial charge in [-0.05, 0) is 50.6 Å². The standard InChI is InChI=1S/C21H22F3N7O2/c1-13-6-14(8-15(7-13)26-19-25-5-4-17(27-19)21(22,23)24)16-9-30(29-28-16)10-18(32)31-12-33-11-20(31,2)3/h4-9H,10-12H2,1-3H3,(H,25,26,27). The summed E-state index contributed by atoms with van der Waals surface area (Å²) in [5, 5.41) is 11.0. The number of aryl methyl sites for hydroxylation is 1. The van der Waals surface area contributed by atoms with Gasteiger partial charge in [-0.15, -0.1) is 5.10 Å². The summed E-state index contributed by atoms with van der Waals surface area (Å²) in [5.41, 5.74) is 1.09. The van der Waals surface area contributed by atoms with Crippen molar-refractivity contribution < 1.29 is 22.7 Å². The van der Waals surface area contributed by atoms with E-state index >= 15 is 0 Å². The lowest BCUT2D eigenvalue weighted by atomic mass is 10.1. The molecule has 1 saturated heterocycles. The second-order valence-corrected chi connectivity index (χ2v) is 8.39. The van der Waals surface area contributed by atoms with Crippen molar-refractivity contribution in [3.63, 3.8) is 0 Å². The molecule has 1 fully saturated rings. The van der Waals surface area contributed by atoms with Gasteiger partial charge in [0, 0.05) is 17.4 Å². The van der Waals surface area contributed by atoms with Gasteiger partial charge in [-0.1, -0.05) is 5.21 Å². The van der Waals surface area contributed by atoms with Gasteiger partial charge < -0.3 is 15.0 Å². The smallest absolute Gasteiger partial charge is 0.359 e. The molecule has 0 spiro atoms. The number of amides is 1. The zero-order valence-electron chi connectivity index (χ0n) is 18.2. The minimum atomic E-state index is -4.57. The van der Waals surface area contributed by atoms with Crippen LogP contribution < -0.4 is 5.32 Å². The van der Waals surface area contributed by atoms with E-state index in [0.717, 1.165) is 17.8 Å². The van der Waals surface area contributed by atoms with Crippen LogP contribution in [0.2, 0.25) is 0 Å². The largest absolute Gasteiger partial charge is 0.433 e. The van der Waals surface area contributed by atoms with Crippen molar-refractivity contribution in [1.82, 2.24) is 29.9 Å². The number of hydrogen-bond acceptors (Lipinski definition) is 7. The van der Waals surface area contributed by atoms with Gasteiger partial charge in [-0.3, -0.25) is 4.79 Å². The molecule has 2 aromatic heterocycles. The third-order valence-corrected chi connectivity index (χ3v) is 5.12. The van der Waals surface area contributed by atoms with E-state index in [1.165, 1.54) is 4.68 Å². The van der Waals surface area contributed by atoms with Crippen LogP contribution in [0.15, 0.2) is 36.7 Å². The van der Waals surface area contributed by atoms with Crippen LogP contribution in [-0.4, -0.2) is 54.6 Å². The summed E-state index contributed by atoms with van der Waals surface area (Å²) >= 11 is 0. The summed E-state index contributed by atoms with van der Waals surface area (Å²) in [6, 6.07) is 6.11. The van der Waals surface area contributed by atoms with Gasteiger partial charge in [0.2, 0.25) is 11.9 Å². The van der Waals surface area contributed by atoms with Gasteiger partial charge in [0.15, 0.2) is 0 Å². The molecule has 9 nitrogen and oxygen atoms in total. The molecule has 1 aromatic carbocycles. The lowest BCUT2D eigenvalue weighted by molar-refractivity contribution is -0.141. The second-order valence-electron chi connectivity index (χ2n) is 8.39. The Labute approximate surface area is 187 Å². The molecule has 12 heteroatoms. The molecule has 174 valence electrons. The number of rotatable bonds is 5. The SMILES string of the molecule is Cc1cc(Nc2nccc(C(F)(F)F)n2)cc(-c2cn(CC(=O)N3COCC3(C)C)nn2)c1. The quantitative estimate of drug-likeness (QED) is 0.622. The highest BCUT2D eigenvalue weighted by atomic mass is 19.4. The van der Waals surface area contributed by atoms with Crippen molar-refractivity contribution in [2.75, 3.05) is 18.7 Å². The van der Waals surface area contributed by atoms with E-state index in [9.17, 15) is 18.0 Å². The molecule has 1 N–H and O–H groups in total. The van der Waals surface area contributed by atoms with Gasteiger partial charge in [-0.25, -0.2) is 14.6 Å². The fourth-order valence-corrected chi connectivity index (χ4v) is 3.49. The van der Waals surface area contributed by atoms with Crippen LogP contribution in [0.4, 0.5) is 24.8 Å². The highest BCUT2D eigenvalue weighted by Crippen LogP contribution is 2.29. The Morgan fingerprint density at radius 1 is 1.27 bits per heavy atom. The van der Waals surface area contributed by atoms with Crippen LogP contribution in [0.25, 0.3) is 11.3 Å². The fourth-order valence-electron chi connectivity index (χ4n) is 3.49. The number of ether oxygens (including phenoxy) is 1. The number of aromatic nitrogens is 5. The number of anilines is 2. The monoisotopic (exact) mass is 461 g/mol. The lowest BCUT2D eigenvalue weighted by Gasteiger charge is -2.28. The molecule has 1 amide bonds. The average molecular weight is 461 g/mol. The van der Waals surface area contributed by atoms with Crippen molar-refractivity contribution in [3.8, 4) is 11.3 Å². The third kappa shape index (κ3) is 5.11. The van der Waals surface area contributed by atoms with E-state index in [1.54, 1.807) is 23.2 Å². The summed E-state index contributed by atoms with van der Waals surface area (Å²) in [6.45, 7) is 6.41. The molecule has 0 aliphatic carbocycles. The molecule has 0 unspecified atom stereocenters. The predicted molar refractivity (Wildman–Crippen MR) is 112 cm³/mol. The van der Waals surface area contributed by atoms with Gasteiger partial charge in [-0.2, -0.15) is 13.2 Å². The minimum Gasteiger partial charge on any atom is -0.359 e. The van der Waals surface area contributed by atoms with Crippen LogP contribution in [0.5, 0.6) is 0 Å². The molecule has 3 heterocycles. The third-order valence-electron chi connectivity index (χ3n) is 5.12. The first-order valence-electron chi connectivity index (χ1n) is 10.1. The average Bonchev–Trinajstić information content (AvgIpc) is 3.33. The Morgan fingerprint density at radius 2 is 2.06 bits per heavy atom. The summed E-state index contributed by atoms with van der Waals surface area (Å²) in [4.78, 5) is 21.7. The fraction of sp³-hybridized carbons (Fsp3) is 0.381. The first-order chi connectivity index (χ1) is 15.5. The lowest BCUT2D eigenvalue weighted by Crippen LogP contribution is -2.45. The maximum atomic E-state index is 12.9. The zero-order chi connectivity index (χ0) is 23.8. The molecular weight excluding hydrogens is 439 g/mol. The van der Waals surface area contributed by atoms with Crippen LogP contribution >= 0.6 is 0 Å². The summed E-state index contributed by atoms with van der Waals surface area (Å²) in [6.07, 6.45) is -1.88. The minimum absolute atomic E-state index is 0.00872. The Hall–Kier alpha value is -3.54. The van der Waals surface area contributed by atoms with Gasteiger partial charge in [0.1, 0.15) is 24.7 Å². The number of hydrogen-bond donors (Lipinski definition) is 1. The number of benzene rings is 1. The maximum absolute atomic E-state index is 12.9. The Balaban J connectivity index is 1.52. The number of nitrogens with zero attached hydrogens (tertiary/aromatic N) is 6. The van der Waals surface area contributed by atoms with Crippen molar-refractivity contribution in [2.24, 2.45) is 0 Å². The summed E-state index contributed by atoms with van der Waals surface area (Å²) in [5.74, 6) is -0.312. The van der Waals surface area contributed by atoms with E-state index in [4.69, 9.17) is 4.74 Å². The molecule has 4 rings (SSSR count). The molecule has 0 atom stereocenters. The van der Waals surface area contributed by atoms with Crippen LogP contribution in [0.3, 0.4) is 0 Å². The normalized spacial score (nSPS) is 15.6. The topological polar surface area (TPSA) is 98.1 Å². The highest BCUT2D eigenvalue weighted by molar-refractivity contribution is 5.77. The Morgan fingerprint density at radius 3 is 2.76 bits per heavy atom. The summed E-state index contributed by atoms with van der Waals surface area (Å²) in [7, 11) is 0. The van der Waals surface area contributed by atoms with E-state index < -0.39 is 11.9 Å². The number of carbonyl (C=O) groups excluding carboxylic acids is 1. The highest BCUT2D eigenvalue weighted by Gasteiger charge is 2.36. The molecule has 33 heavy (non-hydrogen) atoms. The number of halogens is 3. The van der Waals surface area contributed by atoms with Crippen molar-refractivity contribution >= 4 is 17.5 Å². The molecule has 1 aliphatic heterocycles. The molecule has 0 radical (unpaired) electrons.